The molecule has 1 amide bonds. The molecule has 0 atom stereocenters. The molecule has 0 unspecified atom stereocenters. The Bertz CT molecular complexity index is 359. The molecule has 4 heteroatoms. The summed E-state index contributed by atoms with van der Waals surface area (Å²) < 4.78 is 5.40. The van der Waals surface area contributed by atoms with Crippen molar-refractivity contribution in [3.8, 4) is 5.75 Å². The zero-order chi connectivity index (χ0) is 13.4. The summed E-state index contributed by atoms with van der Waals surface area (Å²) in [6.07, 6.45) is 2.45. The van der Waals surface area contributed by atoms with E-state index in [1.54, 1.807) is 0 Å². The molecule has 100 valence electrons. The number of carbonyl (C=O) groups is 1. The highest BCUT2D eigenvalue weighted by atomic mass is 16.5. The molecule has 0 heterocycles. The number of carbonyl (C=O) groups excluding carboxylic acids is 1. The van der Waals surface area contributed by atoms with Crippen LogP contribution in [0.15, 0.2) is 24.3 Å². The molecule has 0 saturated carbocycles. The van der Waals surface area contributed by atoms with Crippen molar-refractivity contribution in [2.75, 3.05) is 11.9 Å². The van der Waals surface area contributed by atoms with Gasteiger partial charge in [-0.15, -0.1) is 0 Å². The minimum atomic E-state index is -0.345. The molecule has 4 nitrogen and oxygen atoms in total. The van der Waals surface area contributed by atoms with Crippen molar-refractivity contribution in [2.45, 2.75) is 39.2 Å². The van der Waals surface area contributed by atoms with Crippen LogP contribution in [0.5, 0.6) is 5.75 Å². The number of nitrogens with two attached hydrogens (primary N) is 1. The SMILES string of the molecule is CCC(CC)Nc1ccc(OCCC(N)=O)cc1. The Morgan fingerprint density at radius 2 is 1.89 bits per heavy atom. The normalized spacial score (nSPS) is 10.4. The van der Waals surface area contributed by atoms with Crippen LogP contribution in [0.4, 0.5) is 5.69 Å². The van der Waals surface area contributed by atoms with E-state index in [1.165, 1.54) is 0 Å². The van der Waals surface area contributed by atoms with Gasteiger partial charge in [0, 0.05) is 11.7 Å². The number of rotatable bonds is 8. The van der Waals surface area contributed by atoms with Crippen LogP contribution in [0, 0.1) is 0 Å². The van der Waals surface area contributed by atoms with Gasteiger partial charge in [0.15, 0.2) is 0 Å². The first-order chi connectivity index (χ1) is 8.65. The van der Waals surface area contributed by atoms with E-state index >= 15 is 0 Å². The summed E-state index contributed by atoms with van der Waals surface area (Å²) in [6.45, 7) is 4.67. The fourth-order valence-electron chi connectivity index (χ4n) is 1.65. The number of primary amides is 1. The second kappa shape index (κ2) is 7.58. The van der Waals surface area contributed by atoms with E-state index in [1.807, 2.05) is 24.3 Å². The van der Waals surface area contributed by atoms with Gasteiger partial charge in [-0.1, -0.05) is 13.8 Å². The Morgan fingerprint density at radius 1 is 1.28 bits per heavy atom. The van der Waals surface area contributed by atoms with Crippen molar-refractivity contribution in [2.24, 2.45) is 5.73 Å². The predicted molar refractivity (Wildman–Crippen MR) is 73.7 cm³/mol. The molecule has 0 aliphatic heterocycles. The fraction of sp³-hybridized carbons (Fsp3) is 0.500. The Balaban J connectivity index is 2.44. The quantitative estimate of drug-likeness (QED) is 0.745. The second-order valence-corrected chi connectivity index (χ2v) is 4.25. The number of hydrogen-bond donors (Lipinski definition) is 2. The van der Waals surface area contributed by atoms with E-state index in [2.05, 4.69) is 19.2 Å². The van der Waals surface area contributed by atoms with Gasteiger partial charge < -0.3 is 15.8 Å². The summed E-state index contributed by atoms with van der Waals surface area (Å²) in [5.74, 6) is 0.411. The van der Waals surface area contributed by atoms with Crippen molar-refractivity contribution >= 4 is 11.6 Å². The third kappa shape index (κ3) is 5.08. The van der Waals surface area contributed by atoms with Crippen LogP contribution in [-0.2, 0) is 4.79 Å². The maximum atomic E-state index is 10.6. The lowest BCUT2D eigenvalue weighted by Gasteiger charge is -2.16. The van der Waals surface area contributed by atoms with E-state index in [9.17, 15) is 4.79 Å². The second-order valence-electron chi connectivity index (χ2n) is 4.25. The van der Waals surface area contributed by atoms with Gasteiger partial charge in [-0.25, -0.2) is 0 Å². The van der Waals surface area contributed by atoms with E-state index in [-0.39, 0.29) is 12.3 Å². The Labute approximate surface area is 109 Å². The average molecular weight is 250 g/mol. The molecular weight excluding hydrogens is 228 g/mol. The van der Waals surface area contributed by atoms with Crippen molar-refractivity contribution < 1.29 is 9.53 Å². The zero-order valence-electron chi connectivity index (χ0n) is 11.1. The maximum absolute atomic E-state index is 10.6. The van der Waals surface area contributed by atoms with Gasteiger partial charge in [0.1, 0.15) is 5.75 Å². The smallest absolute Gasteiger partial charge is 0.220 e. The van der Waals surface area contributed by atoms with E-state index < -0.39 is 0 Å². The zero-order valence-corrected chi connectivity index (χ0v) is 11.1. The third-order valence-corrected chi connectivity index (χ3v) is 2.83. The number of benzene rings is 1. The number of ether oxygens (including phenoxy) is 1. The number of hydrogen-bond acceptors (Lipinski definition) is 3. The molecule has 0 aliphatic rings. The molecule has 1 aromatic carbocycles. The molecule has 18 heavy (non-hydrogen) atoms. The van der Waals surface area contributed by atoms with Crippen LogP contribution in [-0.4, -0.2) is 18.6 Å². The third-order valence-electron chi connectivity index (χ3n) is 2.83. The standard InChI is InChI=1S/C14H22N2O2/c1-3-11(4-2)16-12-5-7-13(8-6-12)18-10-9-14(15)17/h5-8,11,16H,3-4,9-10H2,1-2H3,(H2,15,17). The van der Waals surface area contributed by atoms with Gasteiger partial charge in [-0.3, -0.25) is 4.79 Å². The largest absolute Gasteiger partial charge is 0.493 e. The lowest BCUT2D eigenvalue weighted by Crippen LogP contribution is -2.16. The minimum absolute atomic E-state index is 0.244. The summed E-state index contributed by atoms with van der Waals surface area (Å²) in [5.41, 5.74) is 6.13. The van der Waals surface area contributed by atoms with E-state index in [0.29, 0.717) is 12.6 Å². The Hall–Kier alpha value is -1.71. The van der Waals surface area contributed by atoms with Crippen LogP contribution < -0.4 is 15.8 Å². The highest BCUT2D eigenvalue weighted by Gasteiger charge is 2.03. The van der Waals surface area contributed by atoms with Gasteiger partial charge in [-0.2, -0.15) is 0 Å². The molecule has 1 rings (SSSR count). The van der Waals surface area contributed by atoms with Gasteiger partial charge in [0.25, 0.3) is 0 Å². The number of nitrogens with one attached hydrogen (secondary N) is 1. The van der Waals surface area contributed by atoms with Gasteiger partial charge in [-0.05, 0) is 37.1 Å². The molecule has 0 saturated heterocycles. The average Bonchev–Trinajstić information content (AvgIpc) is 2.37. The van der Waals surface area contributed by atoms with Gasteiger partial charge in [0.2, 0.25) is 5.91 Å². The first-order valence-corrected chi connectivity index (χ1v) is 6.43. The monoisotopic (exact) mass is 250 g/mol. The molecule has 0 fully saturated rings. The van der Waals surface area contributed by atoms with Gasteiger partial charge >= 0.3 is 0 Å². The van der Waals surface area contributed by atoms with Crippen molar-refractivity contribution in [1.82, 2.24) is 0 Å². The first-order valence-electron chi connectivity index (χ1n) is 6.43. The van der Waals surface area contributed by atoms with Crippen molar-refractivity contribution in [3.63, 3.8) is 0 Å². The summed E-state index contributed by atoms with van der Waals surface area (Å²) in [4.78, 5) is 10.6. The summed E-state index contributed by atoms with van der Waals surface area (Å²) in [7, 11) is 0. The van der Waals surface area contributed by atoms with Crippen LogP contribution in [0.25, 0.3) is 0 Å². The summed E-state index contributed by atoms with van der Waals surface area (Å²) in [6, 6.07) is 8.26. The van der Waals surface area contributed by atoms with Crippen LogP contribution in [0.2, 0.25) is 0 Å². The van der Waals surface area contributed by atoms with E-state index in [4.69, 9.17) is 10.5 Å². The molecule has 0 radical (unpaired) electrons. The van der Waals surface area contributed by atoms with Crippen LogP contribution >= 0.6 is 0 Å². The van der Waals surface area contributed by atoms with Crippen molar-refractivity contribution in [3.05, 3.63) is 24.3 Å². The summed E-state index contributed by atoms with van der Waals surface area (Å²) in [5, 5.41) is 3.45. The fourth-order valence-corrected chi connectivity index (χ4v) is 1.65. The number of anilines is 1. The molecule has 1 aromatic rings. The van der Waals surface area contributed by atoms with Gasteiger partial charge in [0.05, 0.1) is 13.0 Å². The highest BCUT2D eigenvalue weighted by molar-refractivity contribution is 5.73. The maximum Gasteiger partial charge on any atom is 0.220 e. The molecule has 3 N–H and O–H groups in total. The minimum Gasteiger partial charge on any atom is -0.493 e. The van der Waals surface area contributed by atoms with Crippen LogP contribution in [0.3, 0.4) is 0 Å². The summed E-state index contributed by atoms with van der Waals surface area (Å²) >= 11 is 0. The topological polar surface area (TPSA) is 64.3 Å². The Morgan fingerprint density at radius 3 is 2.39 bits per heavy atom. The predicted octanol–water partition coefficient (Wildman–Crippen LogP) is 2.54. The van der Waals surface area contributed by atoms with Crippen LogP contribution in [0.1, 0.15) is 33.1 Å². The lowest BCUT2D eigenvalue weighted by atomic mass is 10.1. The molecule has 0 spiro atoms. The molecule has 0 aliphatic carbocycles. The number of amides is 1. The molecule has 0 aromatic heterocycles. The van der Waals surface area contributed by atoms with Crippen molar-refractivity contribution in [1.29, 1.82) is 0 Å². The first kappa shape index (κ1) is 14.4. The Kier molecular flexibility index (Phi) is 6.05. The molecule has 0 bridgehead atoms. The lowest BCUT2D eigenvalue weighted by molar-refractivity contribution is -0.118. The highest BCUT2D eigenvalue weighted by Crippen LogP contribution is 2.17. The molecular formula is C14H22N2O2. The van der Waals surface area contributed by atoms with E-state index in [0.717, 1.165) is 24.3 Å².